The quantitative estimate of drug-likeness (QED) is 0.0352. The number of unbranched alkanes of at least 4 members (excludes halogenated alkanes) is 3. The zero-order valence-electron chi connectivity index (χ0n) is 33.4. The maximum Gasteiger partial charge on any atom is 0.417 e. The lowest BCUT2D eigenvalue weighted by Crippen LogP contribution is -2.45. The number of esters is 6. The van der Waals surface area contributed by atoms with Crippen LogP contribution in [-0.2, 0) is 52.5 Å². The molecule has 2 aromatic carbocycles. The van der Waals surface area contributed by atoms with Crippen LogP contribution in [0.3, 0.4) is 0 Å². The van der Waals surface area contributed by atoms with Gasteiger partial charge in [0.15, 0.2) is 0 Å². The Morgan fingerprint density at radius 2 is 1.25 bits per heavy atom. The molecule has 13 nitrogen and oxygen atoms in total. The van der Waals surface area contributed by atoms with Gasteiger partial charge < -0.3 is 33.2 Å². The molecule has 1 fully saturated rings. The molecule has 2 aromatic rings. The average Bonchev–Trinajstić information content (AvgIpc) is 3.21. The van der Waals surface area contributed by atoms with Gasteiger partial charge in [0, 0.05) is 28.3 Å². The van der Waals surface area contributed by atoms with Crippen LogP contribution in [0.5, 0.6) is 11.5 Å². The molecule has 1 aliphatic rings. The summed E-state index contributed by atoms with van der Waals surface area (Å²) >= 11 is 0. The highest BCUT2D eigenvalue weighted by atomic mass is 19.1. The van der Waals surface area contributed by atoms with E-state index in [4.69, 9.17) is 23.7 Å². The Labute approximate surface area is 332 Å². The van der Waals surface area contributed by atoms with Crippen molar-refractivity contribution in [1.82, 2.24) is 0 Å². The molecule has 0 heterocycles. The number of benzene rings is 2. The lowest BCUT2D eigenvalue weighted by atomic mass is 9.77. The topological polar surface area (TPSA) is 167 Å². The van der Waals surface area contributed by atoms with Crippen LogP contribution in [0.4, 0.5) is 4.39 Å². The summed E-state index contributed by atoms with van der Waals surface area (Å²) in [5.41, 5.74) is -0.375. The summed E-state index contributed by atoms with van der Waals surface area (Å²) in [5.74, 6) is -6.82. The summed E-state index contributed by atoms with van der Waals surface area (Å²) in [5, 5.41) is 0. The van der Waals surface area contributed by atoms with Crippen molar-refractivity contribution in [2.45, 2.75) is 84.5 Å². The van der Waals surface area contributed by atoms with Gasteiger partial charge in [0.05, 0.1) is 14.2 Å². The first-order valence-electron chi connectivity index (χ1n) is 18.9. The largest absolute Gasteiger partial charge is 0.492 e. The van der Waals surface area contributed by atoms with Gasteiger partial charge >= 0.3 is 35.8 Å². The zero-order chi connectivity index (χ0) is 42.1. The molecule has 0 aromatic heterocycles. The summed E-state index contributed by atoms with van der Waals surface area (Å²) in [6, 6.07) is 9.33. The van der Waals surface area contributed by atoms with Crippen molar-refractivity contribution in [1.29, 1.82) is 0 Å². The third kappa shape index (κ3) is 13.9. The summed E-state index contributed by atoms with van der Waals surface area (Å²) in [6.45, 7) is 9.47. The van der Waals surface area contributed by atoms with Crippen molar-refractivity contribution in [3.8, 4) is 22.6 Å². The van der Waals surface area contributed by atoms with E-state index in [1.165, 1.54) is 70.2 Å². The fraction of sp³-hybridized carbons (Fsp3) is 0.488. The van der Waals surface area contributed by atoms with Crippen molar-refractivity contribution < 1.29 is 66.3 Å². The number of carbonyl (C=O) groups excluding carboxylic acids is 6. The van der Waals surface area contributed by atoms with E-state index < -0.39 is 73.5 Å². The predicted octanol–water partition coefficient (Wildman–Crippen LogP) is 7.14. The van der Waals surface area contributed by atoms with Gasteiger partial charge in [-0.1, -0.05) is 64.3 Å². The van der Waals surface area contributed by atoms with Crippen LogP contribution in [0.2, 0.25) is 0 Å². The average molecular weight is 797 g/mol. The van der Waals surface area contributed by atoms with Gasteiger partial charge in [-0.2, -0.15) is 0 Å². The number of carbonyl (C=O) groups is 6. The highest BCUT2D eigenvalue weighted by Gasteiger charge is 2.39. The number of rotatable bonds is 19. The van der Waals surface area contributed by atoms with Gasteiger partial charge in [0.1, 0.15) is 49.2 Å². The van der Waals surface area contributed by atoms with Gasteiger partial charge in [0.2, 0.25) is 0 Å². The molecule has 14 heteroatoms. The maximum atomic E-state index is 16.0. The Bertz CT molecular complexity index is 1760. The lowest BCUT2D eigenvalue weighted by molar-refractivity contribution is -0.177. The van der Waals surface area contributed by atoms with E-state index in [0.29, 0.717) is 5.92 Å². The van der Waals surface area contributed by atoms with Crippen molar-refractivity contribution in [2.24, 2.45) is 11.3 Å². The minimum Gasteiger partial charge on any atom is -0.492 e. The minimum absolute atomic E-state index is 0.00305. The molecule has 0 amide bonds. The summed E-state index contributed by atoms with van der Waals surface area (Å²) < 4.78 is 51.9. The van der Waals surface area contributed by atoms with E-state index in [9.17, 15) is 28.8 Å². The Balaban J connectivity index is 1.93. The van der Waals surface area contributed by atoms with Gasteiger partial charge in [0.25, 0.3) is 0 Å². The SMILES string of the molecule is C=C(C)C(=O)OCC(COC(=O)C(=O)OC)(COC(=O)C(=O)OC)COc1ccc(-c2ccc(C3CCC(CCCCCC)CC3)cc2F)c(OC(=O)C(=C)C)c1. The van der Waals surface area contributed by atoms with Crippen molar-refractivity contribution in [2.75, 3.05) is 40.6 Å². The van der Waals surface area contributed by atoms with Crippen molar-refractivity contribution in [3.05, 3.63) is 72.1 Å². The monoisotopic (exact) mass is 796 g/mol. The van der Waals surface area contributed by atoms with Crippen LogP contribution in [-0.4, -0.2) is 76.5 Å². The first-order chi connectivity index (χ1) is 27.1. The van der Waals surface area contributed by atoms with Crippen molar-refractivity contribution in [3.63, 3.8) is 0 Å². The Morgan fingerprint density at radius 3 is 1.77 bits per heavy atom. The fourth-order valence-electron chi connectivity index (χ4n) is 6.28. The van der Waals surface area contributed by atoms with E-state index in [1.807, 2.05) is 6.07 Å². The molecule has 0 aliphatic heterocycles. The van der Waals surface area contributed by atoms with Gasteiger partial charge in [-0.15, -0.1) is 0 Å². The second-order valence-corrected chi connectivity index (χ2v) is 14.4. The molecule has 0 spiro atoms. The van der Waals surface area contributed by atoms with Gasteiger partial charge in [-0.25, -0.2) is 33.2 Å². The Kier molecular flexibility index (Phi) is 17.9. The number of hydrogen-bond acceptors (Lipinski definition) is 13. The highest BCUT2D eigenvalue weighted by Crippen LogP contribution is 2.41. The summed E-state index contributed by atoms with van der Waals surface area (Å²) in [6.07, 6.45) is 10.4. The van der Waals surface area contributed by atoms with Gasteiger partial charge in [-0.05, 0) is 75.1 Å². The van der Waals surface area contributed by atoms with Crippen LogP contribution >= 0.6 is 0 Å². The number of methoxy groups -OCH3 is 2. The molecular weight excluding hydrogens is 743 g/mol. The van der Waals surface area contributed by atoms with E-state index in [0.717, 1.165) is 45.5 Å². The molecule has 310 valence electrons. The van der Waals surface area contributed by atoms with E-state index in [2.05, 4.69) is 29.6 Å². The molecule has 0 unspecified atom stereocenters. The van der Waals surface area contributed by atoms with E-state index >= 15 is 4.39 Å². The summed E-state index contributed by atoms with van der Waals surface area (Å²) in [4.78, 5) is 73.4. The Hall–Kier alpha value is -5.53. The van der Waals surface area contributed by atoms with Crippen LogP contribution in [0.15, 0.2) is 60.7 Å². The van der Waals surface area contributed by atoms with Crippen LogP contribution in [0.25, 0.3) is 11.1 Å². The molecular formula is C43H53FO13. The van der Waals surface area contributed by atoms with Crippen LogP contribution in [0.1, 0.15) is 90.0 Å². The smallest absolute Gasteiger partial charge is 0.417 e. The third-order valence-corrected chi connectivity index (χ3v) is 9.70. The molecule has 0 radical (unpaired) electrons. The molecule has 57 heavy (non-hydrogen) atoms. The molecule has 0 N–H and O–H groups in total. The molecule has 0 bridgehead atoms. The van der Waals surface area contributed by atoms with Gasteiger partial charge in [-0.3, -0.25) is 0 Å². The number of halogens is 1. The van der Waals surface area contributed by atoms with E-state index in [-0.39, 0.29) is 39.7 Å². The molecule has 1 saturated carbocycles. The molecule has 0 saturated heterocycles. The Morgan fingerprint density at radius 1 is 0.684 bits per heavy atom. The lowest BCUT2D eigenvalue weighted by Gasteiger charge is -2.31. The van der Waals surface area contributed by atoms with Crippen molar-refractivity contribution >= 4 is 35.8 Å². The maximum absolute atomic E-state index is 16.0. The first kappa shape index (κ1) is 45.9. The molecule has 0 atom stereocenters. The third-order valence-electron chi connectivity index (χ3n) is 9.70. The second kappa shape index (κ2) is 22.3. The predicted molar refractivity (Wildman–Crippen MR) is 205 cm³/mol. The second-order valence-electron chi connectivity index (χ2n) is 14.4. The normalized spacial score (nSPS) is 15.1. The number of hydrogen-bond donors (Lipinski definition) is 0. The molecule has 1 aliphatic carbocycles. The highest BCUT2D eigenvalue weighted by molar-refractivity contribution is 6.30. The fourth-order valence-corrected chi connectivity index (χ4v) is 6.28. The minimum atomic E-state index is -1.76. The molecule has 3 rings (SSSR count). The van der Waals surface area contributed by atoms with Crippen LogP contribution < -0.4 is 9.47 Å². The number of ether oxygens (including phenoxy) is 7. The summed E-state index contributed by atoms with van der Waals surface area (Å²) in [7, 11) is 1.91. The first-order valence-corrected chi connectivity index (χ1v) is 18.9. The van der Waals surface area contributed by atoms with Crippen LogP contribution in [0, 0.1) is 17.2 Å². The van der Waals surface area contributed by atoms with E-state index in [1.54, 1.807) is 6.07 Å². The zero-order valence-corrected chi connectivity index (χ0v) is 33.4. The standard InChI is InChI=1S/C43H53FO13/c1-8-9-10-11-12-29-13-15-30(16-14-29)31-17-19-33(35(44)21-31)34-20-18-32(22-36(34)57-38(46)28(4)5)53-23-43(24-54-37(45)27(2)3,25-55-41(49)39(47)51-6)26-56-42(50)40(48)52-7/h17-22,29-30H,2,4,8-16,23-26H2,1,3,5-7H3.